The summed E-state index contributed by atoms with van der Waals surface area (Å²) < 4.78 is 28.0. The van der Waals surface area contributed by atoms with Crippen molar-refractivity contribution in [2.24, 2.45) is 0 Å². The lowest BCUT2D eigenvalue weighted by Gasteiger charge is -2.30. The van der Waals surface area contributed by atoms with E-state index < -0.39 is 5.60 Å². The first-order valence-corrected chi connectivity index (χ1v) is 32.3. The number of amides is 2. The molecule has 4 aromatic rings. The third-order valence-electron chi connectivity index (χ3n) is 17.1. The van der Waals surface area contributed by atoms with Crippen molar-refractivity contribution in [2.75, 3.05) is 149 Å². The molecule has 0 N–H and O–H groups in total. The molecule has 4 saturated heterocycles. The fraction of sp³-hybridized carbons (Fsp3) is 0.644. The molecular weight excluding hydrogens is 1090 g/mol. The average Bonchev–Trinajstić information content (AvgIpc) is 2.07. The van der Waals surface area contributed by atoms with Gasteiger partial charge >= 0.3 is 6.09 Å². The first-order valence-electron chi connectivity index (χ1n) is 32.3. The molecule has 0 saturated carbocycles. The summed E-state index contributed by atoms with van der Waals surface area (Å²) in [6.45, 7) is 47.4. The van der Waals surface area contributed by atoms with Crippen LogP contribution < -0.4 is 33.6 Å². The standard InChI is InChI=1S/C21H34N2O3.C18H28N2O2.C17H28N2O.C17H27NO/c1-20(2,3)17-10-9-16(15-18(17)25-7)22-11-8-12-23(14-13-22)19(24)26-21(4,5)6;1-14(21)19-9-6-10-20(12-11-19)15-7-8-16(18(2,3)4)17(13-15)22-5;1-17(2,3)15-8-7-14(13-16(15)20-5)19-10-6-9-18(4)11-12-19;1-17(2,3)15-7-6-14(12-16(15)19-5)13-8-10-18(4)11-9-13/h9-10,15H,8,11-14H2,1-7H3;7-8,13H,6,9-12H2,1-5H3;7-8,13H,6,9-12H2,1-5H3;6-7,12-13H,8-11H2,1-5H3. The first kappa shape index (κ1) is 71.9. The predicted molar refractivity (Wildman–Crippen MR) is 364 cm³/mol. The van der Waals surface area contributed by atoms with Crippen molar-refractivity contribution in [1.82, 2.24) is 19.6 Å². The molecule has 0 aliphatic carbocycles. The largest absolute Gasteiger partial charge is 0.496 e. The molecule has 0 bridgehead atoms. The maximum atomic E-state index is 12.3. The van der Waals surface area contributed by atoms with E-state index >= 15 is 0 Å². The van der Waals surface area contributed by atoms with Gasteiger partial charge in [0.1, 0.15) is 28.6 Å². The van der Waals surface area contributed by atoms with Gasteiger partial charge in [-0.15, -0.1) is 0 Å². The van der Waals surface area contributed by atoms with E-state index in [1.807, 2.05) is 30.6 Å². The molecule has 87 heavy (non-hydrogen) atoms. The molecule has 0 unspecified atom stereocenters. The highest BCUT2D eigenvalue weighted by Gasteiger charge is 2.28. The zero-order valence-corrected chi connectivity index (χ0v) is 58.4. The molecule has 14 nitrogen and oxygen atoms in total. The highest BCUT2D eigenvalue weighted by atomic mass is 16.6. The number of rotatable bonds is 8. The van der Waals surface area contributed by atoms with Gasteiger partial charge in [-0.1, -0.05) is 113 Å². The molecule has 0 radical (unpaired) electrons. The molecule has 4 heterocycles. The number of methoxy groups -OCH3 is 4. The minimum Gasteiger partial charge on any atom is -0.496 e. The zero-order valence-electron chi connectivity index (χ0n) is 58.4. The van der Waals surface area contributed by atoms with Crippen LogP contribution in [0.25, 0.3) is 0 Å². The van der Waals surface area contributed by atoms with E-state index in [0.717, 1.165) is 107 Å². The number of anilines is 3. The van der Waals surface area contributed by atoms with Crippen molar-refractivity contribution in [3.05, 3.63) is 101 Å². The fourth-order valence-corrected chi connectivity index (χ4v) is 11.9. The Kier molecular flexibility index (Phi) is 26.1. The van der Waals surface area contributed by atoms with E-state index in [0.29, 0.717) is 12.5 Å². The van der Waals surface area contributed by atoms with Gasteiger partial charge < -0.3 is 58.0 Å². The quantitative estimate of drug-likeness (QED) is 0.168. The molecule has 4 aromatic carbocycles. The van der Waals surface area contributed by atoms with E-state index in [-0.39, 0.29) is 33.7 Å². The first-order chi connectivity index (χ1) is 40.7. The lowest BCUT2D eigenvalue weighted by Crippen LogP contribution is -2.39. The van der Waals surface area contributed by atoms with E-state index in [1.165, 1.54) is 78.1 Å². The number of piperidine rings is 1. The summed E-state index contributed by atoms with van der Waals surface area (Å²) in [7, 11) is 11.4. The van der Waals surface area contributed by atoms with Crippen LogP contribution in [0.15, 0.2) is 72.8 Å². The van der Waals surface area contributed by atoms with Gasteiger partial charge in [0, 0.05) is 114 Å². The van der Waals surface area contributed by atoms with Gasteiger partial charge in [0.05, 0.1) is 28.4 Å². The number of hydrogen-bond donors (Lipinski definition) is 0. The molecule has 0 spiro atoms. The van der Waals surface area contributed by atoms with Crippen molar-refractivity contribution in [3.63, 3.8) is 0 Å². The number of ether oxygens (including phenoxy) is 5. The van der Waals surface area contributed by atoms with Crippen molar-refractivity contribution < 1.29 is 33.3 Å². The van der Waals surface area contributed by atoms with E-state index in [1.54, 1.807) is 35.4 Å². The summed E-state index contributed by atoms with van der Waals surface area (Å²) in [6.07, 6.45) is 5.44. The van der Waals surface area contributed by atoms with Gasteiger partial charge in [-0.05, 0) is 166 Å². The van der Waals surface area contributed by atoms with Crippen LogP contribution in [0.1, 0.15) is 177 Å². The van der Waals surface area contributed by atoms with Crippen molar-refractivity contribution >= 4 is 29.1 Å². The Bertz CT molecular complexity index is 2790. The fourth-order valence-electron chi connectivity index (χ4n) is 11.9. The predicted octanol–water partition coefficient (Wildman–Crippen LogP) is 14.4. The molecule has 4 aliphatic heterocycles. The summed E-state index contributed by atoms with van der Waals surface area (Å²) >= 11 is 0. The Morgan fingerprint density at radius 2 is 0.724 bits per heavy atom. The Hall–Kier alpha value is -5.86. The molecule has 4 aliphatic rings. The maximum Gasteiger partial charge on any atom is 0.410 e. The summed E-state index contributed by atoms with van der Waals surface area (Å²) in [4.78, 5) is 39.6. The topological polar surface area (TPSA) is 103 Å². The van der Waals surface area contributed by atoms with Crippen LogP contribution in [0.3, 0.4) is 0 Å². The van der Waals surface area contributed by atoms with Crippen LogP contribution in [-0.4, -0.2) is 171 Å². The number of carbonyl (C=O) groups is 2. The van der Waals surface area contributed by atoms with Crippen LogP contribution in [0.4, 0.5) is 21.9 Å². The Morgan fingerprint density at radius 3 is 1.09 bits per heavy atom. The second kappa shape index (κ2) is 31.5. The van der Waals surface area contributed by atoms with Crippen LogP contribution in [-0.2, 0) is 31.2 Å². The normalized spacial score (nSPS) is 17.2. The van der Waals surface area contributed by atoms with E-state index in [2.05, 4.69) is 194 Å². The molecular formula is C73H117N7O7. The summed E-state index contributed by atoms with van der Waals surface area (Å²) in [5, 5.41) is 0. The second-order valence-electron chi connectivity index (χ2n) is 29.5. The number of carbonyl (C=O) groups excluding carboxylic acids is 2. The number of likely N-dealkylation sites (N-methyl/N-ethyl adjacent to an activating group) is 1. The molecule has 14 heteroatoms. The maximum absolute atomic E-state index is 12.3. The number of benzene rings is 4. The lowest BCUT2D eigenvalue weighted by atomic mass is 9.83. The Labute approximate surface area is 528 Å². The average molecular weight is 1200 g/mol. The molecule has 2 amide bonds. The van der Waals surface area contributed by atoms with Crippen molar-refractivity contribution in [2.45, 2.75) is 176 Å². The van der Waals surface area contributed by atoms with Gasteiger partial charge in [0.15, 0.2) is 0 Å². The molecule has 0 atom stereocenters. The Morgan fingerprint density at radius 1 is 0.391 bits per heavy atom. The highest BCUT2D eigenvalue weighted by Crippen LogP contribution is 2.39. The second-order valence-corrected chi connectivity index (χ2v) is 29.5. The minimum absolute atomic E-state index is 0.0379. The van der Waals surface area contributed by atoms with Crippen LogP contribution in [0.2, 0.25) is 0 Å². The van der Waals surface area contributed by atoms with Crippen molar-refractivity contribution in [1.29, 1.82) is 0 Å². The smallest absolute Gasteiger partial charge is 0.410 e. The number of hydrogen-bond acceptors (Lipinski definition) is 12. The number of nitrogens with zero attached hydrogens (tertiary/aromatic N) is 7. The number of likely N-dealkylation sites (tertiary alicyclic amines) is 1. The zero-order chi connectivity index (χ0) is 64.7. The summed E-state index contributed by atoms with van der Waals surface area (Å²) in [5.74, 6) is 4.78. The monoisotopic (exact) mass is 1200 g/mol. The van der Waals surface area contributed by atoms with E-state index in [4.69, 9.17) is 23.7 Å². The minimum atomic E-state index is -0.459. The SMILES string of the molecule is COc1cc(C2CCN(C)CC2)ccc1C(C)(C)C.COc1cc(N2CCCN(C(=O)OC(C)(C)C)CC2)ccc1C(C)(C)C.COc1cc(N2CCCN(C(C)=O)CC2)ccc1C(C)(C)C.COc1cc(N2CCCN(C)CC2)ccc1C(C)(C)C. The molecule has 0 aromatic heterocycles. The third-order valence-corrected chi connectivity index (χ3v) is 17.1. The van der Waals surface area contributed by atoms with Crippen LogP contribution in [0, 0.1) is 0 Å². The van der Waals surface area contributed by atoms with Gasteiger partial charge in [-0.25, -0.2) is 4.79 Å². The third kappa shape index (κ3) is 21.7. The summed E-state index contributed by atoms with van der Waals surface area (Å²) in [6, 6.07) is 26.4. The molecule has 4 fully saturated rings. The lowest BCUT2D eigenvalue weighted by molar-refractivity contribution is -0.128. The molecule has 8 rings (SSSR count). The van der Waals surface area contributed by atoms with Gasteiger partial charge in [0.25, 0.3) is 0 Å². The van der Waals surface area contributed by atoms with Crippen molar-refractivity contribution in [3.8, 4) is 23.0 Å². The highest BCUT2D eigenvalue weighted by molar-refractivity contribution is 5.73. The summed E-state index contributed by atoms with van der Waals surface area (Å²) in [5.41, 5.74) is 9.93. The van der Waals surface area contributed by atoms with Crippen LogP contribution >= 0.6 is 0 Å². The van der Waals surface area contributed by atoms with Crippen LogP contribution in [0.5, 0.6) is 23.0 Å². The van der Waals surface area contributed by atoms with Gasteiger partial charge in [-0.2, -0.15) is 0 Å². The van der Waals surface area contributed by atoms with E-state index in [9.17, 15) is 9.59 Å². The van der Waals surface area contributed by atoms with Gasteiger partial charge in [0.2, 0.25) is 5.91 Å². The Balaban J connectivity index is 0.000000213. The molecule has 486 valence electrons. The van der Waals surface area contributed by atoms with Gasteiger partial charge in [-0.3, -0.25) is 4.79 Å².